The Labute approximate surface area is 156 Å². The molecule has 7 heteroatoms. The summed E-state index contributed by atoms with van der Waals surface area (Å²) in [6, 6.07) is 2.04. The van der Waals surface area contributed by atoms with Gasteiger partial charge in [-0.2, -0.15) is 0 Å². The van der Waals surface area contributed by atoms with E-state index in [0.29, 0.717) is 12.8 Å². The summed E-state index contributed by atoms with van der Waals surface area (Å²) in [4.78, 5) is 10.9. The average molecular weight is 361 g/mol. The van der Waals surface area contributed by atoms with Crippen molar-refractivity contribution in [1.29, 1.82) is 0 Å². The molecule has 2 aliphatic rings. The molecular formula is C19H29BFN3O2. The number of hydrogen-bond donors (Lipinski definition) is 0. The quantitative estimate of drug-likeness (QED) is 0.762. The highest BCUT2D eigenvalue weighted by Crippen LogP contribution is 2.40. The number of halogens is 1. The highest BCUT2D eigenvalue weighted by molar-refractivity contribution is 6.53. The number of hydrogen-bond acceptors (Lipinski definition) is 5. The smallest absolute Gasteiger partial charge is 0.398 e. The molecule has 0 saturated carbocycles. The molecule has 0 aromatic carbocycles. The number of aryl methyl sites for hydroxylation is 1. The van der Waals surface area contributed by atoms with Gasteiger partial charge in [0.2, 0.25) is 0 Å². The number of rotatable bonds is 4. The summed E-state index contributed by atoms with van der Waals surface area (Å²) in [5.41, 5.74) is 0.558. The normalized spacial score (nSPS) is 22.0. The number of anilines is 1. The van der Waals surface area contributed by atoms with Crippen LogP contribution in [0.3, 0.4) is 0 Å². The third kappa shape index (κ3) is 3.79. The molecule has 2 saturated heterocycles. The van der Waals surface area contributed by atoms with Crippen LogP contribution in [0.4, 0.5) is 10.2 Å². The topological polar surface area (TPSA) is 47.5 Å². The summed E-state index contributed by atoms with van der Waals surface area (Å²) in [6.07, 6.45) is 4.94. The Balaban J connectivity index is 1.66. The van der Waals surface area contributed by atoms with Crippen molar-refractivity contribution in [1.82, 2.24) is 9.97 Å². The maximum atomic E-state index is 15.0. The maximum absolute atomic E-state index is 15.0. The van der Waals surface area contributed by atoms with Gasteiger partial charge in [0, 0.05) is 24.8 Å². The van der Waals surface area contributed by atoms with Crippen LogP contribution in [0.5, 0.6) is 0 Å². The SMILES string of the molecule is CCCc1cc(N2CCC(=C(F)B3OC(C)(C)C(C)(C)O3)CC2)ncn1. The van der Waals surface area contributed by atoms with Crippen molar-refractivity contribution in [3.05, 3.63) is 29.4 Å². The number of nitrogens with zero attached hydrogens (tertiary/aromatic N) is 3. The first-order valence-electron chi connectivity index (χ1n) is 9.52. The van der Waals surface area contributed by atoms with Gasteiger partial charge in [-0.1, -0.05) is 13.3 Å². The molecule has 0 atom stereocenters. The molecule has 0 amide bonds. The van der Waals surface area contributed by atoms with Crippen LogP contribution < -0.4 is 4.90 Å². The van der Waals surface area contributed by atoms with Crippen molar-refractivity contribution in [2.24, 2.45) is 0 Å². The number of aromatic nitrogens is 2. The zero-order valence-corrected chi connectivity index (χ0v) is 16.5. The molecule has 3 heterocycles. The Morgan fingerprint density at radius 1 is 1.15 bits per heavy atom. The molecule has 3 rings (SSSR count). The van der Waals surface area contributed by atoms with Crippen LogP contribution in [0.1, 0.15) is 59.6 Å². The van der Waals surface area contributed by atoms with Gasteiger partial charge < -0.3 is 14.2 Å². The van der Waals surface area contributed by atoms with Crippen LogP contribution in [0, 0.1) is 0 Å². The second kappa shape index (κ2) is 7.27. The van der Waals surface area contributed by atoms with E-state index >= 15 is 0 Å². The van der Waals surface area contributed by atoms with Crippen LogP contribution >= 0.6 is 0 Å². The molecule has 0 N–H and O–H groups in total. The van der Waals surface area contributed by atoms with Crippen molar-refractivity contribution in [3.8, 4) is 0 Å². The Hall–Kier alpha value is -1.47. The summed E-state index contributed by atoms with van der Waals surface area (Å²) < 4.78 is 26.6. The van der Waals surface area contributed by atoms with E-state index in [2.05, 4.69) is 21.8 Å². The maximum Gasteiger partial charge on any atom is 0.525 e. The molecule has 1 aromatic rings. The van der Waals surface area contributed by atoms with E-state index in [4.69, 9.17) is 9.31 Å². The van der Waals surface area contributed by atoms with Crippen molar-refractivity contribution >= 4 is 12.9 Å². The predicted octanol–water partition coefficient (Wildman–Crippen LogP) is 3.88. The fraction of sp³-hybridized carbons (Fsp3) is 0.684. The van der Waals surface area contributed by atoms with Crippen LogP contribution in [-0.2, 0) is 15.7 Å². The largest absolute Gasteiger partial charge is 0.525 e. The molecule has 142 valence electrons. The highest BCUT2D eigenvalue weighted by Gasteiger charge is 2.53. The first-order valence-corrected chi connectivity index (χ1v) is 9.52. The Morgan fingerprint density at radius 3 is 2.35 bits per heavy atom. The predicted molar refractivity (Wildman–Crippen MR) is 102 cm³/mol. The Morgan fingerprint density at radius 2 is 1.77 bits per heavy atom. The lowest BCUT2D eigenvalue weighted by Crippen LogP contribution is -2.41. The van der Waals surface area contributed by atoms with Gasteiger partial charge in [0.15, 0.2) is 0 Å². The van der Waals surface area contributed by atoms with E-state index in [-0.39, 0.29) is 5.73 Å². The molecular weight excluding hydrogens is 332 g/mol. The zero-order chi connectivity index (χ0) is 18.9. The highest BCUT2D eigenvalue weighted by atomic mass is 19.1. The van der Waals surface area contributed by atoms with E-state index in [0.717, 1.165) is 43.0 Å². The standard InChI is InChI=1S/C19H29BFN3O2/c1-6-7-15-12-16(23-13-22-15)24-10-8-14(9-11-24)17(21)20-25-18(2,3)19(4,5)26-20/h12-13H,6-11H2,1-5H3. The van der Waals surface area contributed by atoms with Crippen molar-refractivity contribution in [2.75, 3.05) is 18.0 Å². The van der Waals surface area contributed by atoms with E-state index in [9.17, 15) is 4.39 Å². The van der Waals surface area contributed by atoms with Gasteiger partial charge in [-0.05, 0) is 52.5 Å². The average Bonchev–Trinajstić information content (AvgIpc) is 2.83. The van der Waals surface area contributed by atoms with Crippen LogP contribution in [-0.4, -0.2) is 41.4 Å². The van der Waals surface area contributed by atoms with Crippen molar-refractivity contribution in [2.45, 2.75) is 71.5 Å². The van der Waals surface area contributed by atoms with E-state index in [1.807, 2.05) is 33.8 Å². The van der Waals surface area contributed by atoms with Gasteiger partial charge in [0.25, 0.3) is 0 Å². The lowest BCUT2D eigenvalue weighted by atomic mass is 9.82. The van der Waals surface area contributed by atoms with Gasteiger partial charge in [0.1, 0.15) is 17.9 Å². The molecule has 2 fully saturated rings. The minimum Gasteiger partial charge on any atom is -0.398 e. The molecule has 1 aromatic heterocycles. The van der Waals surface area contributed by atoms with E-state index in [1.54, 1.807) is 6.33 Å². The summed E-state index contributed by atoms with van der Waals surface area (Å²) in [5, 5.41) is 0. The Bertz CT molecular complexity index is 667. The van der Waals surface area contributed by atoms with Crippen molar-refractivity contribution < 1.29 is 13.7 Å². The zero-order valence-electron chi connectivity index (χ0n) is 16.5. The van der Waals surface area contributed by atoms with Gasteiger partial charge in [-0.3, -0.25) is 0 Å². The first-order chi connectivity index (χ1) is 12.2. The Kier molecular flexibility index (Phi) is 5.40. The molecule has 0 radical (unpaired) electrons. The van der Waals surface area contributed by atoms with Crippen LogP contribution in [0.2, 0.25) is 0 Å². The molecule has 26 heavy (non-hydrogen) atoms. The fourth-order valence-corrected chi connectivity index (χ4v) is 3.31. The lowest BCUT2D eigenvalue weighted by Gasteiger charge is -2.32. The molecule has 0 spiro atoms. The lowest BCUT2D eigenvalue weighted by molar-refractivity contribution is 0.00578. The summed E-state index contributed by atoms with van der Waals surface area (Å²) in [5.74, 6) is 0.929. The summed E-state index contributed by atoms with van der Waals surface area (Å²) in [7, 11) is -0.892. The minimum atomic E-state index is -0.892. The van der Waals surface area contributed by atoms with Gasteiger partial charge in [0.05, 0.1) is 11.2 Å². The van der Waals surface area contributed by atoms with Crippen LogP contribution in [0.25, 0.3) is 0 Å². The van der Waals surface area contributed by atoms with Gasteiger partial charge >= 0.3 is 7.12 Å². The summed E-state index contributed by atoms with van der Waals surface area (Å²) >= 11 is 0. The van der Waals surface area contributed by atoms with Gasteiger partial charge in [-0.25, -0.2) is 14.4 Å². The minimum absolute atomic E-state index is 0.252. The molecule has 0 aliphatic carbocycles. The molecule has 2 aliphatic heterocycles. The number of piperidine rings is 1. The fourth-order valence-electron chi connectivity index (χ4n) is 3.31. The second-order valence-corrected chi connectivity index (χ2v) is 8.14. The van der Waals surface area contributed by atoms with Crippen LogP contribution in [0.15, 0.2) is 23.7 Å². The third-order valence-electron chi connectivity index (χ3n) is 5.70. The van der Waals surface area contributed by atoms with E-state index in [1.165, 1.54) is 0 Å². The van der Waals surface area contributed by atoms with Crippen molar-refractivity contribution in [3.63, 3.8) is 0 Å². The monoisotopic (exact) mass is 361 g/mol. The van der Waals surface area contributed by atoms with Gasteiger partial charge in [-0.15, -0.1) is 0 Å². The summed E-state index contributed by atoms with van der Waals surface area (Å²) in [6.45, 7) is 11.4. The van der Waals surface area contributed by atoms with E-state index < -0.39 is 18.3 Å². The second-order valence-electron chi connectivity index (χ2n) is 8.14. The first kappa shape index (κ1) is 19.3. The molecule has 0 unspecified atom stereocenters. The molecule has 0 bridgehead atoms. The third-order valence-corrected chi connectivity index (χ3v) is 5.70. The molecule has 5 nitrogen and oxygen atoms in total.